The summed E-state index contributed by atoms with van der Waals surface area (Å²) in [7, 11) is 1.61. The van der Waals surface area contributed by atoms with Crippen LogP contribution in [0.1, 0.15) is 19.0 Å². The molecule has 1 aromatic carbocycles. The van der Waals surface area contributed by atoms with Gasteiger partial charge in [0.25, 0.3) is 5.56 Å². The molecule has 0 aliphatic heterocycles. The van der Waals surface area contributed by atoms with Crippen LogP contribution in [0.4, 0.5) is 0 Å². The molecular formula is C18H22ClN3O3. The molecule has 0 fully saturated rings. The quantitative estimate of drug-likeness (QED) is 0.730. The fourth-order valence-electron chi connectivity index (χ4n) is 2.38. The van der Waals surface area contributed by atoms with Crippen LogP contribution >= 0.6 is 11.6 Å². The van der Waals surface area contributed by atoms with E-state index in [4.69, 9.17) is 16.3 Å². The summed E-state index contributed by atoms with van der Waals surface area (Å²) in [4.78, 5) is 29.2. The van der Waals surface area contributed by atoms with E-state index in [9.17, 15) is 9.59 Å². The maximum atomic E-state index is 12.5. The zero-order chi connectivity index (χ0) is 18.2. The number of nitrogens with one attached hydrogen (secondary N) is 1. The molecule has 6 nitrogen and oxygen atoms in total. The summed E-state index contributed by atoms with van der Waals surface area (Å²) in [6.07, 6.45) is 1.35. The predicted molar refractivity (Wildman–Crippen MR) is 97.8 cm³/mol. The highest BCUT2D eigenvalue weighted by molar-refractivity contribution is 6.30. The van der Waals surface area contributed by atoms with Crippen molar-refractivity contribution in [3.8, 4) is 11.4 Å². The number of amides is 1. The van der Waals surface area contributed by atoms with E-state index in [0.717, 1.165) is 0 Å². The van der Waals surface area contributed by atoms with Crippen molar-refractivity contribution >= 4 is 17.5 Å². The van der Waals surface area contributed by atoms with E-state index >= 15 is 0 Å². The third-order valence-corrected chi connectivity index (χ3v) is 3.89. The van der Waals surface area contributed by atoms with Crippen LogP contribution in [0.15, 0.2) is 35.1 Å². The summed E-state index contributed by atoms with van der Waals surface area (Å²) in [5.41, 5.74) is 1.12. The number of nitrogens with zero attached hydrogens (tertiary/aromatic N) is 2. The standard InChI is InChI=1S/C18H22ClN3O3/c1-3-15-11-17(24)22(12-16(23)20-8-5-9-25-2)18(21-15)13-6-4-7-14(19)10-13/h4,6-7,10-11H,3,5,8-9,12H2,1-2H3,(H,20,23). The number of benzene rings is 1. The SMILES string of the molecule is CCc1cc(=O)n(CC(=O)NCCCOC)c(-c2cccc(Cl)c2)n1. The third-order valence-electron chi connectivity index (χ3n) is 3.66. The number of hydrogen-bond acceptors (Lipinski definition) is 4. The lowest BCUT2D eigenvalue weighted by molar-refractivity contribution is -0.121. The summed E-state index contributed by atoms with van der Waals surface area (Å²) in [6, 6.07) is 8.55. The first-order chi connectivity index (χ1) is 12.0. The molecule has 0 radical (unpaired) electrons. The van der Waals surface area contributed by atoms with Crippen molar-refractivity contribution < 1.29 is 9.53 Å². The Hall–Kier alpha value is -2.18. The predicted octanol–water partition coefficient (Wildman–Crippen LogP) is 2.28. The van der Waals surface area contributed by atoms with Crippen LogP contribution in [0.2, 0.25) is 5.02 Å². The van der Waals surface area contributed by atoms with E-state index in [1.54, 1.807) is 25.3 Å². The zero-order valence-corrected chi connectivity index (χ0v) is 15.2. The average Bonchev–Trinajstić information content (AvgIpc) is 2.60. The molecule has 2 aromatic rings. The minimum absolute atomic E-state index is 0.0926. The number of halogens is 1. The van der Waals surface area contributed by atoms with Gasteiger partial charge in [0.15, 0.2) is 0 Å². The number of methoxy groups -OCH3 is 1. The molecule has 1 aromatic heterocycles. The Kier molecular flexibility index (Phi) is 7.16. The molecule has 0 saturated heterocycles. The first-order valence-corrected chi connectivity index (χ1v) is 8.55. The summed E-state index contributed by atoms with van der Waals surface area (Å²) >= 11 is 6.06. The van der Waals surface area contributed by atoms with Gasteiger partial charge in [-0.3, -0.25) is 14.2 Å². The van der Waals surface area contributed by atoms with Crippen LogP contribution in [0.3, 0.4) is 0 Å². The number of carbonyl (C=O) groups is 1. The number of aromatic nitrogens is 2. The fraction of sp³-hybridized carbons (Fsp3) is 0.389. The molecule has 0 spiro atoms. The van der Waals surface area contributed by atoms with Crippen molar-refractivity contribution in [2.24, 2.45) is 0 Å². The van der Waals surface area contributed by atoms with Gasteiger partial charge in [-0.15, -0.1) is 0 Å². The fourth-order valence-corrected chi connectivity index (χ4v) is 2.57. The highest BCUT2D eigenvalue weighted by atomic mass is 35.5. The van der Waals surface area contributed by atoms with E-state index in [1.807, 2.05) is 13.0 Å². The van der Waals surface area contributed by atoms with E-state index < -0.39 is 0 Å². The van der Waals surface area contributed by atoms with Gasteiger partial charge in [0.1, 0.15) is 12.4 Å². The van der Waals surface area contributed by atoms with Crippen molar-refractivity contribution in [2.45, 2.75) is 26.3 Å². The Morgan fingerprint density at radius 3 is 2.84 bits per heavy atom. The first-order valence-electron chi connectivity index (χ1n) is 8.17. The van der Waals surface area contributed by atoms with Gasteiger partial charge in [0.05, 0.1) is 0 Å². The lowest BCUT2D eigenvalue weighted by Crippen LogP contribution is -2.34. The largest absolute Gasteiger partial charge is 0.385 e. The van der Waals surface area contributed by atoms with Crippen LogP contribution in [0.5, 0.6) is 0 Å². The van der Waals surface area contributed by atoms with E-state index in [2.05, 4.69) is 10.3 Å². The van der Waals surface area contributed by atoms with Gasteiger partial charge in [-0.25, -0.2) is 4.98 Å². The molecule has 0 aliphatic carbocycles. The normalized spacial score (nSPS) is 10.7. The Bertz CT molecular complexity index is 789. The number of carbonyl (C=O) groups excluding carboxylic acids is 1. The molecule has 0 atom stereocenters. The Morgan fingerprint density at radius 2 is 2.16 bits per heavy atom. The van der Waals surface area contributed by atoms with Gasteiger partial charge in [-0.1, -0.05) is 30.7 Å². The van der Waals surface area contributed by atoms with E-state index in [-0.39, 0.29) is 18.0 Å². The maximum absolute atomic E-state index is 12.5. The second-order valence-electron chi connectivity index (χ2n) is 5.56. The highest BCUT2D eigenvalue weighted by Crippen LogP contribution is 2.20. The Balaban J connectivity index is 2.30. The number of ether oxygens (including phenoxy) is 1. The Morgan fingerprint density at radius 1 is 1.36 bits per heavy atom. The molecule has 1 heterocycles. The molecule has 25 heavy (non-hydrogen) atoms. The van der Waals surface area contributed by atoms with E-state index in [1.165, 1.54) is 10.6 Å². The molecule has 1 amide bonds. The lowest BCUT2D eigenvalue weighted by atomic mass is 10.2. The van der Waals surface area contributed by atoms with Crippen LogP contribution in [-0.4, -0.2) is 35.7 Å². The smallest absolute Gasteiger partial charge is 0.254 e. The second kappa shape index (κ2) is 9.34. The molecule has 7 heteroatoms. The molecule has 0 aliphatic rings. The van der Waals surface area contributed by atoms with Crippen molar-refractivity contribution in [1.82, 2.24) is 14.9 Å². The molecule has 134 valence electrons. The molecule has 1 N–H and O–H groups in total. The molecule has 0 saturated carbocycles. The maximum Gasteiger partial charge on any atom is 0.254 e. The number of hydrogen-bond donors (Lipinski definition) is 1. The third kappa shape index (κ3) is 5.41. The van der Waals surface area contributed by atoms with Crippen LogP contribution in [0, 0.1) is 0 Å². The van der Waals surface area contributed by atoms with Gasteiger partial charge in [-0.2, -0.15) is 0 Å². The van der Waals surface area contributed by atoms with Gasteiger partial charge in [-0.05, 0) is 25.0 Å². The summed E-state index contributed by atoms with van der Waals surface area (Å²) in [5, 5.41) is 3.32. The number of aryl methyl sites for hydroxylation is 1. The summed E-state index contributed by atoms with van der Waals surface area (Å²) in [5.74, 6) is 0.200. The van der Waals surface area contributed by atoms with Gasteiger partial charge >= 0.3 is 0 Å². The van der Waals surface area contributed by atoms with Crippen LogP contribution in [-0.2, 0) is 22.5 Å². The summed E-state index contributed by atoms with van der Waals surface area (Å²) < 4.78 is 6.32. The van der Waals surface area contributed by atoms with E-state index in [0.29, 0.717) is 48.1 Å². The molecule has 2 rings (SSSR count). The van der Waals surface area contributed by atoms with Crippen molar-refractivity contribution in [2.75, 3.05) is 20.3 Å². The lowest BCUT2D eigenvalue weighted by Gasteiger charge is -2.13. The average molecular weight is 364 g/mol. The van der Waals surface area contributed by atoms with Crippen molar-refractivity contribution in [3.63, 3.8) is 0 Å². The van der Waals surface area contributed by atoms with Crippen LogP contribution < -0.4 is 10.9 Å². The topological polar surface area (TPSA) is 73.2 Å². The Labute approximate surface area is 151 Å². The molecule has 0 unspecified atom stereocenters. The van der Waals surface area contributed by atoms with Gasteiger partial charge in [0, 0.05) is 42.6 Å². The monoisotopic (exact) mass is 363 g/mol. The summed E-state index contributed by atoms with van der Waals surface area (Å²) in [6.45, 7) is 2.90. The van der Waals surface area contributed by atoms with Crippen LogP contribution in [0.25, 0.3) is 11.4 Å². The zero-order valence-electron chi connectivity index (χ0n) is 14.4. The van der Waals surface area contributed by atoms with Gasteiger partial charge < -0.3 is 10.1 Å². The number of rotatable bonds is 8. The first kappa shape index (κ1) is 19.1. The minimum atomic E-state index is -0.256. The van der Waals surface area contributed by atoms with Gasteiger partial charge in [0.2, 0.25) is 5.91 Å². The second-order valence-corrected chi connectivity index (χ2v) is 5.99. The minimum Gasteiger partial charge on any atom is -0.385 e. The molecular weight excluding hydrogens is 342 g/mol. The highest BCUT2D eigenvalue weighted by Gasteiger charge is 2.14. The molecule has 0 bridgehead atoms. The van der Waals surface area contributed by atoms with Crippen molar-refractivity contribution in [1.29, 1.82) is 0 Å². The van der Waals surface area contributed by atoms with Crippen molar-refractivity contribution in [3.05, 3.63) is 51.4 Å².